The van der Waals surface area contributed by atoms with Crippen LogP contribution in [0.3, 0.4) is 0 Å². The van der Waals surface area contributed by atoms with E-state index in [1.807, 2.05) is 10.3 Å². The summed E-state index contributed by atoms with van der Waals surface area (Å²) in [5.41, 5.74) is 1.19. The zero-order valence-electron chi connectivity index (χ0n) is 12.6. The van der Waals surface area contributed by atoms with Crippen LogP contribution < -0.4 is 5.32 Å². The lowest BCUT2D eigenvalue weighted by Gasteiger charge is -2.26. The summed E-state index contributed by atoms with van der Waals surface area (Å²) in [5, 5.41) is 7.19. The van der Waals surface area contributed by atoms with Gasteiger partial charge in [0.05, 0.1) is 0 Å². The molecule has 2 amide bonds. The summed E-state index contributed by atoms with van der Waals surface area (Å²) >= 11 is 1.67. The molecule has 21 heavy (non-hydrogen) atoms. The summed E-state index contributed by atoms with van der Waals surface area (Å²) in [5.74, 6) is 0. The summed E-state index contributed by atoms with van der Waals surface area (Å²) < 4.78 is 0. The number of nitrogens with zero attached hydrogens (tertiary/aromatic N) is 2. The Morgan fingerprint density at radius 3 is 2.81 bits per heavy atom. The van der Waals surface area contributed by atoms with E-state index in [4.69, 9.17) is 0 Å². The van der Waals surface area contributed by atoms with Gasteiger partial charge in [0.15, 0.2) is 0 Å². The molecule has 0 radical (unpaired) electrons. The lowest BCUT2D eigenvalue weighted by molar-refractivity contribution is 0.193. The predicted octanol–water partition coefficient (Wildman–Crippen LogP) is 2.91. The Hall–Kier alpha value is -1.07. The van der Waals surface area contributed by atoms with Gasteiger partial charge in [-0.25, -0.2) is 4.79 Å². The van der Waals surface area contributed by atoms with Gasteiger partial charge in [0.25, 0.3) is 0 Å². The molecule has 2 aliphatic heterocycles. The normalized spacial score (nSPS) is 24.0. The van der Waals surface area contributed by atoms with Crippen molar-refractivity contribution < 1.29 is 4.79 Å². The number of likely N-dealkylation sites (tertiary alicyclic amines) is 2. The van der Waals surface area contributed by atoms with E-state index in [1.54, 1.807) is 11.3 Å². The summed E-state index contributed by atoms with van der Waals surface area (Å²) in [6, 6.07) is 2.86. The molecule has 0 aliphatic carbocycles. The standard InChI is InChI=1S/C16H25N3OS/c20-16(17-12-14-6-11-21-13-14)19-9-3-4-15(5-10-19)18-7-1-2-8-18/h6,11,13,15H,1-5,7-10,12H2,(H,17,20). The Morgan fingerprint density at radius 1 is 1.19 bits per heavy atom. The highest BCUT2D eigenvalue weighted by molar-refractivity contribution is 7.07. The van der Waals surface area contributed by atoms with Crippen molar-refractivity contribution in [2.45, 2.75) is 44.7 Å². The maximum atomic E-state index is 12.3. The van der Waals surface area contributed by atoms with Crippen LogP contribution in [-0.4, -0.2) is 48.1 Å². The van der Waals surface area contributed by atoms with Gasteiger partial charge in [-0.2, -0.15) is 11.3 Å². The molecule has 2 saturated heterocycles. The average molecular weight is 307 g/mol. The molecule has 1 N–H and O–H groups in total. The van der Waals surface area contributed by atoms with Crippen molar-refractivity contribution in [2.24, 2.45) is 0 Å². The second-order valence-corrected chi connectivity index (χ2v) is 6.89. The maximum Gasteiger partial charge on any atom is 0.317 e. The lowest BCUT2D eigenvalue weighted by atomic mass is 10.1. The Kier molecular flexibility index (Phi) is 5.14. The number of carbonyl (C=O) groups is 1. The molecule has 0 aromatic carbocycles. The molecule has 1 atom stereocenters. The van der Waals surface area contributed by atoms with E-state index in [-0.39, 0.29) is 6.03 Å². The summed E-state index contributed by atoms with van der Waals surface area (Å²) in [6.45, 7) is 4.97. The second kappa shape index (κ2) is 7.27. The number of urea groups is 1. The van der Waals surface area contributed by atoms with Gasteiger partial charge in [0.2, 0.25) is 0 Å². The molecule has 3 rings (SSSR count). The predicted molar refractivity (Wildman–Crippen MR) is 86.6 cm³/mol. The Balaban J connectivity index is 1.46. The zero-order valence-corrected chi connectivity index (χ0v) is 13.4. The number of rotatable bonds is 3. The fourth-order valence-corrected chi connectivity index (χ4v) is 4.11. The minimum Gasteiger partial charge on any atom is -0.334 e. The molecule has 116 valence electrons. The number of amides is 2. The van der Waals surface area contributed by atoms with Crippen molar-refractivity contribution in [1.29, 1.82) is 0 Å². The number of thiophene rings is 1. The van der Waals surface area contributed by atoms with Crippen LogP contribution in [0, 0.1) is 0 Å². The van der Waals surface area contributed by atoms with Crippen LogP contribution in [0.15, 0.2) is 16.8 Å². The molecule has 1 aromatic rings. The fourth-order valence-electron chi connectivity index (χ4n) is 3.44. The third-order valence-corrected chi connectivity index (χ3v) is 5.40. The van der Waals surface area contributed by atoms with E-state index >= 15 is 0 Å². The van der Waals surface area contributed by atoms with E-state index in [1.165, 1.54) is 37.9 Å². The number of carbonyl (C=O) groups excluding carboxylic acids is 1. The van der Waals surface area contributed by atoms with Crippen molar-refractivity contribution in [3.63, 3.8) is 0 Å². The van der Waals surface area contributed by atoms with E-state index in [9.17, 15) is 4.79 Å². The number of hydrogen-bond acceptors (Lipinski definition) is 3. The molecule has 2 aliphatic rings. The van der Waals surface area contributed by atoms with Gasteiger partial charge in [0.1, 0.15) is 0 Å². The fraction of sp³-hybridized carbons (Fsp3) is 0.688. The van der Waals surface area contributed by atoms with Gasteiger partial charge in [-0.1, -0.05) is 0 Å². The van der Waals surface area contributed by atoms with Crippen LogP contribution in [0.4, 0.5) is 4.79 Å². The third-order valence-electron chi connectivity index (χ3n) is 4.67. The van der Waals surface area contributed by atoms with Crippen LogP contribution >= 0.6 is 11.3 Å². The Labute approximate surface area is 131 Å². The Bertz CT molecular complexity index is 442. The SMILES string of the molecule is O=C(NCc1ccsc1)N1CCCC(N2CCCC2)CC1. The number of nitrogens with one attached hydrogen (secondary N) is 1. The molecule has 0 bridgehead atoms. The summed E-state index contributed by atoms with van der Waals surface area (Å²) in [7, 11) is 0. The first-order chi connectivity index (χ1) is 10.3. The van der Waals surface area contributed by atoms with Gasteiger partial charge in [-0.05, 0) is 67.6 Å². The minimum atomic E-state index is 0.100. The molecule has 0 spiro atoms. The topological polar surface area (TPSA) is 35.6 Å². The van der Waals surface area contributed by atoms with E-state index in [0.29, 0.717) is 12.6 Å². The van der Waals surface area contributed by atoms with Gasteiger partial charge < -0.3 is 15.1 Å². The second-order valence-electron chi connectivity index (χ2n) is 6.11. The van der Waals surface area contributed by atoms with Crippen molar-refractivity contribution >= 4 is 17.4 Å². The smallest absolute Gasteiger partial charge is 0.317 e. The molecule has 4 nitrogen and oxygen atoms in total. The van der Waals surface area contributed by atoms with Gasteiger partial charge in [-0.3, -0.25) is 0 Å². The molecular weight excluding hydrogens is 282 g/mol. The first kappa shape index (κ1) is 14.9. The molecule has 3 heterocycles. The highest BCUT2D eigenvalue weighted by atomic mass is 32.1. The molecule has 2 fully saturated rings. The third kappa shape index (κ3) is 3.98. The van der Waals surface area contributed by atoms with Crippen molar-refractivity contribution in [1.82, 2.24) is 15.1 Å². The summed E-state index contributed by atoms with van der Waals surface area (Å²) in [4.78, 5) is 16.9. The van der Waals surface area contributed by atoms with Gasteiger partial charge in [-0.15, -0.1) is 0 Å². The molecule has 5 heteroatoms. The Morgan fingerprint density at radius 2 is 2.05 bits per heavy atom. The summed E-state index contributed by atoms with van der Waals surface area (Å²) in [6.07, 6.45) is 6.20. The van der Waals surface area contributed by atoms with Crippen LogP contribution in [-0.2, 0) is 6.54 Å². The van der Waals surface area contributed by atoms with Gasteiger partial charge >= 0.3 is 6.03 Å². The first-order valence-corrected chi connectivity index (χ1v) is 9.05. The van der Waals surface area contributed by atoms with E-state index in [0.717, 1.165) is 25.9 Å². The molecule has 0 saturated carbocycles. The zero-order chi connectivity index (χ0) is 14.5. The minimum absolute atomic E-state index is 0.100. The molecule has 1 unspecified atom stereocenters. The first-order valence-electron chi connectivity index (χ1n) is 8.11. The van der Waals surface area contributed by atoms with Crippen LogP contribution in [0.25, 0.3) is 0 Å². The maximum absolute atomic E-state index is 12.3. The van der Waals surface area contributed by atoms with E-state index < -0.39 is 0 Å². The van der Waals surface area contributed by atoms with Crippen molar-refractivity contribution in [2.75, 3.05) is 26.2 Å². The highest BCUT2D eigenvalue weighted by Gasteiger charge is 2.26. The monoisotopic (exact) mass is 307 g/mol. The van der Waals surface area contributed by atoms with Crippen LogP contribution in [0.5, 0.6) is 0 Å². The largest absolute Gasteiger partial charge is 0.334 e. The van der Waals surface area contributed by atoms with E-state index in [2.05, 4.69) is 21.7 Å². The van der Waals surface area contributed by atoms with Crippen LogP contribution in [0.2, 0.25) is 0 Å². The van der Waals surface area contributed by atoms with Crippen molar-refractivity contribution in [3.05, 3.63) is 22.4 Å². The number of hydrogen-bond donors (Lipinski definition) is 1. The lowest BCUT2D eigenvalue weighted by Crippen LogP contribution is -2.41. The molecule has 1 aromatic heterocycles. The molecular formula is C16H25N3OS. The highest BCUT2D eigenvalue weighted by Crippen LogP contribution is 2.21. The average Bonchev–Trinajstić information content (AvgIpc) is 3.15. The van der Waals surface area contributed by atoms with Crippen LogP contribution in [0.1, 0.15) is 37.7 Å². The quantitative estimate of drug-likeness (QED) is 0.932. The van der Waals surface area contributed by atoms with Gasteiger partial charge in [0, 0.05) is 25.7 Å². The van der Waals surface area contributed by atoms with Crippen molar-refractivity contribution in [3.8, 4) is 0 Å².